The van der Waals surface area contributed by atoms with Crippen LogP contribution in [0.3, 0.4) is 0 Å². The molecule has 4 rings (SSSR count). The molecule has 1 amide bonds. The zero-order chi connectivity index (χ0) is 21.6. The van der Waals surface area contributed by atoms with Gasteiger partial charge in [-0.15, -0.1) is 0 Å². The number of carbonyl (C=O) groups excluding carboxylic acids is 1. The van der Waals surface area contributed by atoms with Crippen LogP contribution in [0.1, 0.15) is 28.5 Å². The van der Waals surface area contributed by atoms with Crippen molar-refractivity contribution in [3.05, 3.63) is 102 Å². The maximum atomic E-state index is 13.0. The molecule has 2 aromatic heterocycles. The summed E-state index contributed by atoms with van der Waals surface area (Å²) >= 11 is 0. The third-order valence-electron chi connectivity index (χ3n) is 4.73. The van der Waals surface area contributed by atoms with Gasteiger partial charge in [0.1, 0.15) is 18.2 Å². The molecule has 0 bridgehead atoms. The minimum atomic E-state index is -0.286. The molecule has 0 aliphatic heterocycles. The van der Waals surface area contributed by atoms with Gasteiger partial charge < -0.3 is 10.1 Å². The van der Waals surface area contributed by atoms with Crippen LogP contribution in [-0.4, -0.2) is 20.7 Å². The van der Waals surface area contributed by atoms with E-state index in [9.17, 15) is 9.18 Å². The normalized spacial score (nSPS) is 10.6. The van der Waals surface area contributed by atoms with Crippen LogP contribution in [0.4, 0.5) is 10.1 Å². The summed E-state index contributed by atoms with van der Waals surface area (Å²) < 4.78 is 20.5. The molecule has 156 valence electrons. The number of hydrogen-bond donors (Lipinski definition) is 1. The highest BCUT2D eigenvalue weighted by Gasteiger charge is 2.18. The Kier molecular flexibility index (Phi) is 6.03. The van der Waals surface area contributed by atoms with Gasteiger partial charge in [0, 0.05) is 18.0 Å². The first-order chi connectivity index (χ1) is 15.1. The van der Waals surface area contributed by atoms with E-state index in [0.717, 1.165) is 11.3 Å². The number of benzene rings is 2. The summed E-state index contributed by atoms with van der Waals surface area (Å²) in [5.41, 5.74) is 2.73. The number of hydrogen-bond acceptors (Lipinski definition) is 4. The fourth-order valence-electron chi connectivity index (χ4n) is 3.19. The van der Waals surface area contributed by atoms with Gasteiger partial charge >= 0.3 is 0 Å². The lowest BCUT2D eigenvalue weighted by Crippen LogP contribution is -2.14. The second-order valence-electron chi connectivity index (χ2n) is 6.86. The summed E-state index contributed by atoms with van der Waals surface area (Å²) in [4.78, 5) is 17.2. The van der Waals surface area contributed by atoms with Gasteiger partial charge in [0.25, 0.3) is 5.91 Å². The highest BCUT2D eigenvalue weighted by molar-refractivity contribution is 6.05. The zero-order valence-electron chi connectivity index (χ0n) is 17.0. The molecule has 4 aromatic rings. The SMILES string of the molecule is CCc1c(C(=O)Nc2cccc(OCc3ccc(F)cc3)c2)cnn1-c1ccccn1. The minimum absolute atomic E-state index is 0.255. The smallest absolute Gasteiger partial charge is 0.259 e. The number of aromatic nitrogens is 3. The number of anilines is 1. The number of rotatable bonds is 7. The molecular formula is C24H21FN4O2. The van der Waals surface area contributed by atoms with E-state index in [-0.39, 0.29) is 11.7 Å². The minimum Gasteiger partial charge on any atom is -0.489 e. The maximum absolute atomic E-state index is 13.0. The van der Waals surface area contributed by atoms with Gasteiger partial charge in [-0.1, -0.05) is 31.2 Å². The van der Waals surface area contributed by atoms with Crippen molar-refractivity contribution in [2.75, 3.05) is 5.32 Å². The Labute approximate surface area is 179 Å². The number of ether oxygens (including phenoxy) is 1. The molecule has 2 aromatic carbocycles. The molecule has 0 radical (unpaired) electrons. The van der Waals surface area contributed by atoms with Crippen LogP contribution in [0.2, 0.25) is 0 Å². The lowest BCUT2D eigenvalue weighted by atomic mass is 10.2. The van der Waals surface area contributed by atoms with Crippen molar-refractivity contribution in [1.29, 1.82) is 0 Å². The third-order valence-corrected chi connectivity index (χ3v) is 4.73. The van der Waals surface area contributed by atoms with Crippen molar-refractivity contribution in [2.24, 2.45) is 0 Å². The molecule has 0 unspecified atom stereocenters. The Morgan fingerprint density at radius 3 is 2.68 bits per heavy atom. The molecule has 1 N–H and O–H groups in total. The highest BCUT2D eigenvalue weighted by atomic mass is 19.1. The summed E-state index contributed by atoms with van der Waals surface area (Å²) in [5.74, 6) is 0.720. The molecule has 0 aliphatic rings. The molecule has 2 heterocycles. The van der Waals surface area contributed by atoms with Gasteiger partial charge in [-0.2, -0.15) is 5.10 Å². The fraction of sp³-hybridized carbons (Fsp3) is 0.125. The van der Waals surface area contributed by atoms with Gasteiger partial charge in [0.2, 0.25) is 0 Å². The number of halogens is 1. The lowest BCUT2D eigenvalue weighted by Gasteiger charge is -2.10. The average Bonchev–Trinajstić information content (AvgIpc) is 3.24. The number of amides is 1. The Balaban J connectivity index is 1.47. The lowest BCUT2D eigenvalue weighted by molar-refractivity contribution is 0.102. The predicted octanol–water partition coefficient (Wildman–Crippen LogP) is 4.80. The Bertz CT molecular complexity index is 1170. The number of nitrogens with zero attached hydrogens (tertiary/aromatic N) is 3. The number of pyridine rings is 1. The molecule has 6 nitrogen and oxygen atoms in total. The first-order valence-corrected chi connectivity index (χ1v) is 9.91. The molecular weight excluding hydrogens is 395 g/mol. The largest absolute Gasteiger partial charge is 0.489 e. The molecule has 0 atom stereocenters. The molecule has 0 fully saturated rings. The molecule has 7 heteroatoms. The van der Waals surface area contributed by atoms with Gasteiger partial charge in [-0.05, 0) is 48.4 Å². The molecule has 31 heavy (non-hydrogen) atoms. The fourth-order valence-corrected chi connectivity index (χ4v) is 3.19. The van der Waals surface area contributed by atoms with E-state index in [1.54, 1.807) is 53.5 Å². The zero-order valence-corrected chi connectivity index (χ0v) is 17.0. The maximum Gasteiger partial charge on any atom is 0.259 e. The van der Waals surface area contributed by atoms with E-state index in [2.05, 4.69) is 15.4 Å². The van der Waals surface area contributed by atoms with Crippen LogP contribution >= 0.6 is 0 Å². The van der Waals surface area contributed by atoms with Crippen LogP contribution in [0.15, 0.2) is 79.1 Å². The van der Waals surface area contributed by atoms with Crippen LogP contribution in [0.25, 0.3) is 5.82 Å². The second kappa shape index (κ2) is 9.21. The van der Waals surface area contributed by atoms with Crippen molar-refractivity contribution < 1.29 is 13.9 Å². The predicted molar refractivity (Wildman–Crippen MR) is 116 cm³/mol. The molecule has 0 saturated carbocycles. The van der Waals surface area contributed by atoms with E-state index in [4.69, 9.17) is 4.74 Å². The third kappa shape index (κ3) is 4.78. The number of carbonyl (C=O) groups is 1. The Morgan fingerprint density at radius 1 is 1.10 bits per heavy atom. The van der Waals surface area contributed by atoms with E-state index in [1.807, 2.05) is 25.1 Å². The molecule has 0 aliphatic carbocycles. The average molecular weight is 416 g/mol. The van der Waals surface area contributed by atoms with Crippen molar-refractivity contribution in [2.45, 2.75) is 20.0 Å². The summed E-state index contributed by atoms with van der Waals surface area (Å²) in [7, 11) is 0. The van der Waals surface area contributed by atoms with Gasteiger partial charge in [0.15, 0.2) is 5.82 Å². The van der Waals surface area contributed by atoms with Crippen LogP contribution in [0, 0.1) is 5.82 Å². The molecule has 0 saturated heterocycles. The summed E-state index contributed by atoms with van der Waals surface area (Å²) in [6.07, 6.45) is 3.87. The second-order valence-corrected chi connectivity index (χ2v) is 6.86. The van der Waals surface area contributed by atoms with Gasteiger partial charge in [0.05, 0.1) is 17.5 Å². The van der Waals surface area contributed by atoms with E-state index in [0.29, 0.717) is 35.8 Å². The highest BCUT2D eigenvalue weighted by Crippen LogP contribution is 2.21. The Hall–Kier alpha value is -4.00. The number of nitrogens with one attached hydrogen (secondary N) is 1. The summed E-state index contributed by atoms with van der Waals surface area (Å²) in [6, 6.07) is 18.8. The van der Waals surface area contributed by atoms with E-state index >= 15 is 0 Å². The first-order valence-electron chi connectivity index (χ1n) is 9.91. The van der Waals surface area contributed by atoms with Crippen molar-refractivity contribution in [1.82, 2.24) is 14.8 Å². The van der Waals surface area contributed by atoms with Crippen LogP contribution < -0.4 is 10.1 Å². The van der Waals surface area contributed by atoms with Gasteiger partial charge in [-0.3, -0.25) is 4.79 Å². The monoisotopic (exact) mass is 416 g/mol. The van der Waals surface area contributed by atoms with Crippen molar-refractivity contribution in [3.8, 4) is 11.6 Å². The Morgan fingerprint density at radius 2 is 1.94 bits per heavy atom. The van der Waals surface area contributed by atoms with Crippen molar-refractivity contribution >= 4 is 11.6 Å². The van der Waals surface area contributed by atoms with Crippen molar-refractivity contribution in [3.63, 3.8) is 0 Å². The van der Waals surface area contributed by atoms with E-state index < -0.39 is 0 Å². The van der Waals surface area contributed by atoms with Crippen LogP contribution in [-0.2, 0) is 13.0 Å². The summed E-state index contributed by atoms with van der Waals surface area (Å²) in [6.45, 7) is 2.27. The standard InChI is InChI=1S/C24H21FN4O2/c1-2-22-21(15-27-29(22)23-8-3-4-13-26-23)24(30)28-19-6-5-7-20(14-19)31-16-17-9-11-18(25)12-10-17/h3-15H,2,16H2,1H3,(H,28,30). The molecule has 0 spiro atoms. The quantitative estimate of drug-likeness (QED) is 0.470. The van der Waals surface area contributed by atoms with Gasteiger partial charge in [-0.25, -0.2) is 14.1 Å². The summed E-state index contributed by atoms with van der Waals surface area (Å²) in [5, 5.41) is 7.25. The van der Waals surface area contributed by atoms with Crippen LogP contribution in [0.5, 0.6) is 5.75 Å². The van der Waals surface area contributed by atoms with E-state index in [1.165, 1.54) is 12.1 Å². The first kappa shape index (κ1) is 20.3. The topological polar surface area (TPSA) is 69.0 Å².